The first-order valence-electron chi connectivity index (χ1n) is 8.73. The zero-order valence-corrected chi connectivity index (χ0v) is 15.5. The first-order valence-corrected chi connectivity index (χ1v) is 8.73. The van der Waals surface area contributed by atoms with Crippen LogP contribution in [0.4, 0.5) is 0 Å². The van der Waals surface area contributed by atoms with Crippen molar-refractivity contribution >= 4 is 22.8 Å². The predicted molar refractivity (Wildman–Crippen MR) is 107 cm³/mol. The molecule has 0 atom stereocenters. The summed E-state index contributed by atoms with van der Waals surface area (Å²) in [5.74, 6) is 1.29. The summed E-state index contributed by atoms with van der Waals surface area (Å²) in [4.78, 5) is 11.9. The monoisotopic (exact) mass is 362 g/mol. The minimum Gasteiger partial charge on any atom is -0.497 e. The third-order valence-electron chi connectivity index (χ3n) is 4.28. The zero-order chi connectivity index (χ0) is 19.1. The van der Waals surface area contributed by atoms with Crippen molar-refractivity contribution in [2.24, 2.45) is 0 Å². The molecule has 0 aromatic heterocycles. The van der Waals surface area contributed by atoms with Crippen LogP contribution in [0, 0.1) is 0 Å². The maximum absolute atomic E-state index is 11.9. The van der Waals surface area contributed by atoms with Crippen molar-refractivity contribution in [2.75, 3.05) is 20.8 Å². The van der Waals surface area contributed by atoms with Crippen LogP contribution in [0.1, 0.15) is 11.1 Å². The average Bonchev–Trinajstić information content (AvgIpc) is 2.72. The minimum absolute atomic E-state index is 0.340. The molecule has 0 aliphatic carbocycles. The Labute approximate surface area is 159 Å². The molecule has 27 heavy (non-hydrogen) atoms. The second kappa shape index (κ2) is 8.90. The maximum atomic E-state index is 11.9. The second-order valence-electron chi connectivity index (χ2n) is 6.07. The number of fused-ring (bicyclic) bond motifs is 1. The van der Waals surface area contributed by atoms with Crippen molar-refractivity contribution < 1.29 is 19.0 Å². The van der Waals surface area contributed by atoms with E-state index in [0.29, 0.717) is 13.0 Å². The minimum atomic E-state index is -0.349. The number of benzene rings is 3. The average molecular weight is 362 g/mol. The van der Waals surface area contributed by atoms with Crippen LogP contribution >= 0.6 is 0 Å². The normalized spacial score (nSPS) is 10.9. The van der Waals surface area contributed by atoms with Gasteiger partial charge >= 0.3 is 5.97 Å². The van der Waals surface area contributed by atoms with Crippen LogP contribution in [0.15, 0.2) is 66.7 Å². The van der Waals surface area contributed by atoms with E-state index in [1.165, 1.54) is 6.08 Å². The van der Waals surface area contributed by atoms with E-state index in [2.05, 4.69) is 0 Å². The molecule has 138 valence electrons. The summed E-state index contributed by atoms with van der Waals surface area (Å²) >= 11 is 0. The third-order valence-corrected chi connectivity index (χ3v) is 4.28. The Kier molecular flexibility index (Phi) is 6.10. The summed E-state index contributed by atoms with van der Waals surface area (Å²) in [6.07, 6.45) is 3.89. The van der Waals surface area contributed by atoms with Crippen LogP contribution in [0.3, 0.4) is 0 Å². The van der Waals surface area contributed by atoms with Gasteiger partial charge in [-0.05, 0) is 58.3 Å². The van der Waals surface area contributed by atoms with Gasteiger partial charge in [0.1, 0.15) is 11.5 Å². The van der Waals surface area contributed by atoms with Crippen LogP contribution in [-0.4, -0.2) is 26.8 Å². The largest absolute Gasteiger partial charge is 0.497 e. The van der Waals surface area contributed by atoms with Gasteiger partial charge in [-0.1, -0.05) is 30.3 Å². The molecule has 0 unspecified atom stereocenters. The van der Waals surface area contributed by atoms with Gasteiger partial charge in [0.25, 0.3) is 0 Å². The van der Waals surface area contributed by atoms with Gasteiger partial charge in [-0.15, -0.1) is 0 Å². The van der Waals surface area contributed by atoms with E-state index in [-0.39, 0.29) is 5.97 Å². The zero-order valence-electron chi connectivity index (χ0n) is 15.5. The smallest absolute Gasteiger partial charge is 0.330 e. The van der Waals surface area contributed by atoms with Crippen molar-refractivity contribution in [1.82, 2.24) is 0 Å². The molecule has 0 N–H and O–H groups in total. The summed E-state index contributed by atoms with van der Waals surface area (Å²) in [5, 5.41) is 2.18. The molecule has 0 saturated heterocycles. The summed E-state index contributed by atoms with van der Waals surface area (Å²) in [7, 11) is 3.29. The van der Waals surface area contributed by atoms with Crippen LogP contribution in [-0.2, 0) is 16.0 Å². The highest BCUT2D eigenvalue weighted by Crippen LogP contribution is 2.22. The number of hydrogen-bond donors (Lipinski definition) is 0. The van der Waals surface area contributed by atoms with Crippen LogP contribution < -0.4 is 9.47 Å². The van der Waals surface area contributed by atoms with Gasteiger partial charge in [-0.2, -0.15) is 0 Å². The van der Waals surface area contributed by atoms with E-state index in [1.807, 2.05) is 60.7 Å². The highest BCUT2D eigenvalue weighted by atomic mass is 16.5. The van der Waals surface area contributed by atoms with Crippen molar-refractivity contribution in [1.29, 1.82) is 0 Å². The predicted octanol–water partition coefficient (Wildman–Crippen LogP) is 4.66. The first-order chi connectivity index (χ1) is 13.2. The molecule has 0 aliphatic heterocycles. The van der Waals surface area contributed by atoms with E-state index in [4.69, 9.17) is 14.2 Å². The Balaban J connectivity index is 1.53. The van der Waals surface area contributed by atoms with Gasteiger partial charge in [0.15, 0.2) is 0 Å². The fourth-order valence-electron chi connectivity index (χ4n) is 2.75. The molecule has 3 aromatic carbocycles. The van der Waals surface area contributed by atoms with Crippen LogP contribution in [0.2, 0.25) is 0 Å². The van der Waals surface area contributed by atoms with Gasteiger partial charge in [-0.3, -0.25) is 0 Å². The van der Waals surface area contributed by atoms with Crippen molar-refractivity contribution in [2.45, 2.75) is 6.42 Å². The molecule has 0 amide bonds. The molecule has 3 rings (SSSR count). The number of carbonyl (C=O) groups excluding carboxylic acids is 1. The van der Waals surface area contributed by atoms with Crippen molar-refractivity contribution in [3.63, 3.8) is 0 Å². The Bertz CT molecular complexity index is 942. The summed E-state index contributed by atoms with van der Waals surface area (Å²) in [5.41, 5.74) is 2.04. The fourth-order valence-corrected chi connectivity index (χ4v) is 2.75. The number of methoxy groups -OCH3 is 2. The highest BCUT2D eigenvalue weighted by Gasteiger charge is 2.01. The van der Waals surface area contributed by atoms with Crippen molar-refractivity contribution in [3.8, 4) is 11.5 Å². The summed E-state index contributed by atoms with van der Waals surface area (Å²) in [6, 6.07) is 19.6. The molecule has 4 nitrogen and oxygen atoms in total. The van der Waals surface area contributed by atoms with Gasteiger partial charge in [0.2, 0.25) is 0 Å². The Hall–Kier alpha value is -3.27. The lowest BCUT2D eigenvalue weighted by Gasteiger charge is -2.05. The van der Waals surface area contributed by atoms with Gasteiger partial charge < -0.3 is 14.2 Å². The van der Waals surface area contributed by atoms with Gasteiger partial charge in [0.05, 0.1) is 20.8 Å². The number of hydrogen-bond acceptors (Lipinski definition) is 4. The summed E-state index contributed by atoms with van der Waals surface area (Å²) < 4.78 is 15.6. The SMILES string of the molecule is COc1ccc(CCOC(=O)/C=C/c2ccc3cc(OC)ccc3c2)cc1. The molecular weight excluding hydrogens is 340 g/mol. The molecule has 0 radical (unpaired) electrons. The lowest BCUT2D eigenvalue weighted by Crippen LogP contribution is -2.04. The van der Waals surface area contributed by atoms with E-state index in [9.17, 15) is 4.79 Å². The Morgan fingerprint density at radius 2 is 1.52 bits per heavy atom. The quantitative estimate of drug-likeness (QED) is 0.453. The molecular formula is C23H22O4. The van der Waals surface area contributed by atoms with Crippen molar-refractivity contribution in [3.05, 3.63) is 77.9 Å². The van der Waals surface area contributed by atoms with E-state index in [0.717, 1.165) is 33.4 Å². The molecule has 0 fully saturated rings. The first kappa shape index (κ1) is 18.5. The fraction of sp³-hybridized carbons (Fsp3) is 0.174. The molecule has 3 aromatic rings. The van der Waals surface area contributed by atoms with Crippen LogP contribution in [0.25, 0.3) is 16.8 Å². The molecule has 0 aliphatic rings. The Morgan fingerprint density at radius 1 is 0.852 bits per heavy atom. The lowest BCUT2D eigenvalue weighted by atomic mass is 10.1. The molecule has 0 saturated carbocycles. The molecule has 0 bridgehead atoms. The maximum Gasteiger partial charge on any atom is 0.330 e. The number of rotatable bonds is 7. The number of esters is 1. The molecule has 0 spiro atoms. The molecule has 4 heteroatoms. The standard InChI is InChI=1S/C23H22O4/c1-25-21-9-4-17(5-10-21)13-14-27-23(24)12-6-18-3-7-20-16-22(26-2)11-8-19(20)15-18/h3-12,15-16H,13-14H2,1-2H3/b12-6+. The second-order valence-corrected chi connectivity index (χ2v) is 6.07. The third kappa shape index (κ3) is 5.11. The van der Waals surface area contributed by atoms with E-state index in [1.54, 1.807) is 20.3 Å². The van der Waals surface area contributed by atoms with E-state index < -0.39 is 0 Å². The topological polar surface area (TPSA) is 44.8 Å². The number of ether oxygens (including phenoxy) is 3. The van der Waals surface area contributed by atoms with Gasteiger partial charge in [0, 0.05) is 12.5 Å². The lowest BCUT2D eigenvalue weighted by molar-refractivity contribution is -0.137. The Morgan fingerprint density at radius 3 is 2.26 bits per heavy atom. The van der Waals surface area contributed by atoms with E-state index >= 15 is 0 Å². The summed E-state index contributed by atoms with van der Waals surface area (Å²) in [6.45, 7) is 0.340. The van der Waals surface area contributed by atoms with Crippen LogP contribution in [0.5, 0.6) is 11.5 Å². The number of carbonyl (C=O) groups is 1. The van der Waals surface area contributed by atoms with Gasteiger partial charge in [-0.25, -0.2) is 4.79 Å². The molecule has 0 heterocycles. The highest BCUT2D eigenvalue weighted by molar-refractivity contribution is 5.90.